The van der Waals surface area contributed by atoms with E-state index in [0.29, 0.717) is 0 Å². The number of aliphatic hydroxyl groups is 1. The van der Waals surface area contributed by atoms with Gasteiger partial charge in [0.05, 0.1) is 0 Å². The summed E-state index contributed by atoms with van der Waals surface area (Å²) in [6.07, 6.45) is -0.838. The second kappa shape index (κ2) is 3.51. The highest BCUT2D eigenvalue weighted by molar-refractivity contribution is 4.65. The Morgan fingerprint density at radius 2 is 1.80 bits per heavy atom. The van der Waals surface area contributed by atoms with Crippen molar-refractivity contribution in [3.05, 3.63) is 10.1 Å². The highest BCUT2D eigenvalue weighted by atomic mass is 16.6. The predicted molar refractivity (Wildman–Crippen MR) is 37.3 cm³/mol. The van der Waals surface area contributed by atoms with Crippen molar-refractivity contribution in [1.82, 2.24) is 0 Å². The third-order valence-corrected chi connectivity index (χ3v) is 1.51. The lowest BCUT2D eigenvalue weighted by Crippen LogP contribution is -2.34. The summed E-state index contributed by atoms with van der Waals surface area (Å²) in [7, 11) is 0. The van der Waals surface area contributed by atoms with E-state index in [-0.39, 0.29) is 5.92 Å². The van der Waals surface area contributed by atoms with Gasteiger partial charge in [0.1, 0.15) is 6.10 Å². The van der Waals surface area contributed by atoms with Crippen LogP contribution in [0, 0.1) is 16.0 Å². The predicted octanol–water partition coefficient (Wildman–Crippen LogP) is 0.668. The normalized spacial score (nSPS) is 16.9. The molecule has 1 unspecified atom stereocenters. The highest BCUT2D eigenvalue weighted by Crippen LogP contribution is 2.07. The summed E-state index contributed by atoms with van der Waals surface area (Å²) in [5, 5.41) is 19.2. The molecule has 4 nitrogen and oxygen atoms in total. The van der Waals surface area contributed by atoms with E-state index in [1.807, 2.05) is 0 Å². The van der Waals surface area contributed by atoms with Gasteiger partial charge < -0.3 is 5.11 Å². The Hall–Kier alpha value is -0.640. The van der Waals surface area contributed by atoms with Gasteiger partial charge in [0, 0.05) is 11.8 Å². The Morgan fingerprint density at radius 3 is 1.90 bits per heavy atom. The first-order valence-corrected chi connectivity index (χ1v) is 3.28. The van der Waals surface area contributed by atoms with Crippen molar-refractivity contribution in [2.75, 3.05) is 0 Å². The molecule has 60 valence electrons. The fourth-order valence-corrected chi connectivity index (χ4v) is 0.682. The van der Waals surface area contributed by atoms with Crippen LogP contribution in [0.5, 0.6) is 0 Å². The lowest BCUT2D eigenvalue weighted by Gasteiger charge is -2.14. The SMILES string of the molecule is CC(C)[C@H](O)C(C)[N+](=O)[O-]. The van der Waals surface area contributed by atoms with Gasteiger partial charge in [-0.05, 0) is 5.92 Å². The summed E-state index contributed by atoms with van der Waals surface area (Å²) in [4.78, 5) is 9.62. The number of hydrogen-bond donors (Lipinski definition) is 1. The van der Waals surface area contributed by atoms with Gasteiger partial charge in [-0.2, -0.15) is 0 Å². The molecule has 0 saturated carbocycles. The summed E-state index contributed by atoms with van der Waals surface area (Å²) in [6, 6.07) is -0.861. The molecule has 0 bridgehead atoms. The Kier molecular flexibility index (Phi) is 3.28. The average Bonchev–Trinajstić information content (AvgIpc) is 1.84. The molecule has 0 heterocycles. The van der Waals surface area contributed by atoms with Crippen molar-refractivity contribution in [1.29, 1.82) is 0 Å². The molecule has 0 aromatic heterocycles. The summed E-state index contributed by atoms with van der Waals surface area (Å²) in [5.41, 5.74) is 0. The lowest BCUT2D eigenvalue weighted by atomic mass is 10.0. The zero-order chi connectivity index (χ0) is 8.31. The Morgan fingerprint density at radius 1 is 1.40 bits per heavy atom. The zero-order valence-corrected chi connectivity index (χ0v) is 6.44. The summed E-state index contributed by atoms with van der Waals surface area (Å²) in [6.45, 7) is 4.92. The summed E-state index contributed by atoms with van der Waals surface area (Å²) >= 11 is 0. The molecule has 10 heavy (non-hydrogen) atoms. The van der Waals surface area contributed by atoms with E-state index in [1.165, 1.54) is 6.92 Å². The van der Waals surface area contributed by atoms with E-state index in [0.717, 1.165) is 0 Å². The first kappa shape index (κ1) is 9.36. The van der Waals surface area contributed by atoms with Crippen molar-refractivity contribution in [3.8, 4) is 0 Å². The van der Waals surface area contributed by atoms with Crippen molar-refractivity contribution in [3.63, 3.8) is 0 Å². The molecule has 0 aromatic carbocycles. The van der Waals surface area contributed by atoms with E-state index < -0.39 is 17.1 Å². The van der Waals surface area contributed by atoms with Gasteiger partial charge in [-0.15, -0.1) is 0 Å². The Balaban J connectivity index is 3.94. The number of nitrogens with zero attached hydrogens (tertiary/aromatic N) is 1. The van der Waals surface area contributed by atoms with Gasteiger partial charge in [0.25, 0.3) is 0 Å². The molecule has 0 aliphatic carbocycles. The van der Waals surface area contributed by atoms with Crippen LogP contribution in [-0.2, 0) is 0 Å². The van der Waals surface area contributed by atoms with Gasteiger partial charge in [-0.25, -0.2) is 0 Å². The minimum absolute atomic E-state index is 0.0552. The molecule has 0 fully saturated rings. The highest BCUT2D eigenvalue weighted by Gasteiger charge is 2.26. The Labute approximate surface area is 60.0 Å². The molecule has 0 spiro atoms. The molecular weight excluding hydrogens is 134 g/mol. The molecular formula is C6H13NO3. The molecule has 0 radical (unpaired) electrons. The fourth-order valence-electron chi connectivity index (χ4n) is 0.682. The first-order chi connectivity index (χ1) is 4.46. The molecule has 0 aliphatic heterocycles. The first-order valence-electron chi connectivity index (χ1n) is 3.28. The molecule has 0 saturated heterocycles. The molecule has 0 aromatic rings. The molecule has 1 N–H and O–H groups in total. The second-order valence-corrected chi connectivity index (χ2v) is 2.76. The lowest BCUT2D eigenvalue weighted by molar-refractivity contribution is -0.531. The van der Waals surface area contributed by atoms with Gasteiger partial charge in [-0.1, -0.05) is 13.8 Å². The van der Waals surface area contributed by atoms with Gasteiger partial charge >= 0.3 is 0 Å². The van der Waals surface area contributed by atoms with E-state index >= 15 is 0 Å². The van der Waals surface area contributed by atoms with Crippen LogP contribution >= 0.6 is 0 Å². The quantitative estimate of drug-likeness (QED) is 0.471. The van der Waals surface area contributed by atoms with Crippen molar-refractivity contribution >= 4 is 0 Å². The number of aliphatic hydroxyl groups excluding tert-OH is 1. The molecule has 0 aliphatic rings. The van der Waals surface area contributed by atoms with Crippen LogP contribution in [0.3, 0.4) is 0 Å². The van der Waals surface area contributed by atoms with E-state index in [2.05, 4.69) is 0 Å². The van der Waals surface area contributed by atoms with Crippen LogP contribution in [0.4, 0.5) is 0 Å². The second-order valence-electron chi connectivity index (χ2n) is 2.76. The average molecular weight is 147 g/mol. The standard InChI is InChI=1S/C6H13NO3/c1-4(2)6(8)5(3)7(9)10/h4-6,8H,1-3H3/t5?,6-/m0/s1. The van der Waals surface area contributed by atoms with Crippen molar-refractivity contribution < 1.29 is 10.0 Å². The fraction of sp³-hybridized carbons (Fsp3) is 1.00. The maximum atomic E-state index is 10.1. The van der Waals surface area contributed by atoms with Crippen molar-refractivity contribution in [2.45, 2.75) is 32.9 Å². The van der Waals surface area contributed by atoms with Crippen LogP contribution in [0.2, 0.25) is 0 Å². The van der Waals surface area contributed by atoms with Crippen LogP contribution in [0.25, 0.3) is 0 Å². The third kappa shape index (κ3) is 2.31. The molecule has 0 rings (SSSR count). The summed E-state index contributed by atoms with van der Waals surface area (Å²) in [5.74, 6) is -0.0552. The number of hydrogen-bond acceptors (Lipinski definition) is 3. The Bertz CT molecular complexity index is 124. The molecule has 0 amide bonds. The minimum atomic E-state index is -0.861. The minimum Gasteiger partial charge on any atom is -0.386 e. The van der Waals surface area contributed by atoms with E-state index in [4.69, 9.17) is 5.11 Å². The molecule has 2 atom stereocenters. The largest absolute Gasteiger partial charge is 0.386 e. The monoisotopic (exact) mass is 147 g/mol. The van der Waals surface area contributed by atoms with Crippen LogP contribution in [-0.4, -0.2) is 22.2 Å². The summed E-state index contributed by atoms with van der Waals surface area (Å²) < 4.78 is 0. The van der Waals surface area contributed by atoms with Crippen LogP contribution in [0.1, 0.15) is 20.8 Å². The van der Waals surface area contributed by atoms with Crippen molar-refractivity contribution in [2.24, 2.45) is 5.92 Å². The van der Waals surface area contributed by atoms with Gasteiger partial charge in [-0.3, -0.25) is 10.1 Å². The van der Waals surface area contributed by atoms with Crippen LogP contribution < -0.4 is 0 Å². The zero-order valence-electron chi connectivity index (χ0n) is 6.44. The number of rotatable bonds is 3. The van der Waals surface area contributed by atoms with E-state index in [1.54, 1.807) is 13.8 Å². The van der Waals surface area contributed by atoms with Gasteiger partial charge in [0.15, 0.2) is 0 Å². The number of nitro groups is 1. The van der Waals surface area contributed by atoms with Gasteiger partial charge in [0.2, 0.25) is 6.04 Å². The van der Waals surface area contributed by atoms with E-state index in [9.17, 15) is 10.1 Å². The molecule has 4 heteroatoms. The topological polar surface area (TPSA) is 63.4 Å². The third-order valence-electron chi connectivity index (χ3n) is 1.51. The maximum Gasteiger partial charge on any atom is 0.236 e. The van der Waals surface area contributed by atoms with Crippen LogP contribution in [0.15, 0.2) is 0 Å². The smallest absolute Gasteiger partial charge is 0.236 e. The maximum absolute atomic E-state index is 10.1.